The molecule has 2 aliphatic rings. The van der Waals surface area contributed by atoms with Crippen LogP contribution in [0.3, 0.4) is 0 Å². The van der Waals surface area contributed by atoms with Gasteiger partial charge < -0.3 is 19.5 Å². The molecule has 1 saturated heterocycles. The minimum absolute atomic E-state index is 0.0787. The molecule has 0 bridgehead atoms. The monoisotopic (exact) mass is 328 g/mol. The molecule has 8 nitrogen and oxygen atoms in total. The highest BCUT2D eigenvalue weighted by atomic mass is 32.1. The molecule has 2 heterocycles. The Labute approximate surface area is 132 Å². The number of carbonyl (C=O) groups excluding carboxylic acids is 1. The van der Waals surface area contributed by atoms with Crippen molar-refractivity contribution in [2.24, 2.45) is 5.92 Å². The van der Waals surface area contributed by atoms with Crippen LogP contribution in [0.4, 0.5) is 9.93 Å². The molecule has 2 amide bonds. The van der Waals surface area contributed by atoms with E-state index in [0.29, 0.717) is 30.1 Å². The van der Waals surface area contributed by atoms with E-state index in [-0.39, 0.29) is 24.1 Å². The van der Waals surface area contributed by atoms with Crippen LogP contribution < -0.4 is 10.1 Å². The number of aliphatic hydroxyl groups is 1. The van der Waals surface area contributed by atoms with E-state index in [0.717, 1.165) is 19.3 Å². The Kier molecular flexibility index (Phi) is 4.74. The lowest BCUT2D eigenvalue weighted by molar-refractivity contribution is -0.0285. The Balaban J connectivity index is 1.68. The van der Waals surface area contributed by atoms with Crippen molar-refractivity contribution in [1.29, 1.82) is 0 Å². The maximum absolute atomic E-state index is 12.5. The maximum Gasteiger partial charge on any atom is 0.324 e. The number of amides is 2. The number of nitrogens with one attached hydrogen (secondary N) is 1. The predicted molar refractivity (Wildman–Crippen MR) is 80.1 cm³/mol. The Morgan fingerprint density at radius 3 is 3.05 bits per heavy atom. The average Bonchev–Trinajstić information content (AvgIpc) is 3.16. The summed E-state index contributed by atoms with van der Waals surface area (Å²) in [5, 5.41) is 21.3. The quantitative estimate of drug-likeness (QED) is 0.857. The summed E-state index contributed by atoms with van der Waals surface area (Å²) >= 11 is 1.18. The number of carbonyl (C=O) groups is 1. The normalized spacial score (nSPS) is 28.6. The molecule has 1 aliphatic carbocycles. The lowest BCUT2D eigenvalue weighted by atomic mass is 9.94. The molecule has 1 saturated carbocycles. The molecular weight excluding hydrogens is 308 g/mol. The molecule has 0 spiro atoms. The van der Waals surface area contributed by atoms with Gasteiger partial charge in [0, 0.05) is 12.5 Å². The Morgan fingerprint density at radius 1 is 1.50 bits per heavy atom. The SMILES string of the molecule is COc1nnc(NC(=O)N2CCOCC2C2CCCC2O)s1. The van der Waals surface area contributed by atoms with Gasteiger partial charge in [-0.2, -0.15) is 0 Å². The summed E-state index contributed by atoms with van der Waals surface area (Å²) in [6, 6.07) is -0.327. The van der Waals surface area contributed by atoms with Gasteiger partial charge in [0.2, 0.25) is 5.13 Å². The van der Waals surface area contributed by atoms with Crippen LogP contribution in [0.15, 0.2) is 0 Å². The third-order valence-electron chi connectivity index (χ3n) is 4.25. The summed E-state index contributed by atoms with van der Waals surface area (Å²) in [6.07, 6.45) is 2.35. The Bertz CT molecular complexity index is 526. The number of nitrogens with zero attached hydrogens (tertiary/aromatic N) is 3. The molecule has 1 aromatic heterocycles. The van der Waals surface area contributed by atoms with Gasteiger partial charge in [-0.25, -0.2) is 4.79 Å². The second-order valence-electron chi connectivity index (χ2n) is 5.51. The highest BCUT2D eigenvalue weighted by Crippen LogP contribution is 2.32. The molecule has 3 rings (SSSR count). The van der Waals surface area contributed by atoms with Crippen molar-refractivity contribution in [2.45, 2.75) is 31.4 Å². The molecule has 1 aromatic rings. The van der Waals surface area contributed by atoms with E-state index in [1.165, 1.54) is 18.4 Å². The average molecular weight is 328 g/mol. The zero-order valence-corrected chi connectivity index (χ0v) is 13.2. The van der Waals surface area contributed by atoms with Crippen molar-refractivity contribution in [3.8, 4) is 5.19 Å². The smallest absolute Gasteiger partial charge is 0.324 e. The van der Waals surface area contributed by atoms with Gasteiger partial charge in [0.05, 0.1) is 32.5 Å². The minimum atomic E-state index is -0.358. The highest BCUT2D eigenvalue weighted by Gasteiger charge is 2.39. The second kappa shape index (κ2) is 6.76. The Hall–Kier alpha value is -1.45. The van der Waals surface area contributed by atoms with Crippen molar-refractivity contribution in [3.05, 3.63) is 0 Å². The van der Waals surface area contributed by atoms with Crippen molar-refractivity contribution >= 4 is 22.5 Å². The number of rotatable bonds is 3. The summed E-state index contributed by atoms with van der Waals surface area (Å²) in [5.41, 5.74) is 0. The van der Waals surface area contributed by atoms with E-state index in [4.69, 9.17) is 9.47 Å². The van der Waals surface area contributed by atoms with Gasteiger partial charge in [-0.15, -0.1) is 5.10 Å². The zero-order chi connectivity index (χ0) is 15.5. The van der Waals surface area contributed by atoms with Crippen LogP contribution in [0.2, 0.25) is 0 Å². The van der Waals surface area contributed by atoms with Gasteiger partial charge in [0.25, 0.3) is 5.19 Å². The van der Waals surface area contributed by atoms with Gasteiger partial charge in [-0.3, -0.25) is 5.32 Å². The van der Waals surface area contributed by atoms with Crippen LogP contribution in [0.25, 0.3) is 0 Å². The molecule has 22 heavy (non-hydrogen) atoms. The van der Waals surface area contributed by atoms with Gasteiger partial charge in [0.1, 0.15) is 0 Å². The minimum Gasteiger partial charge on any atom is -0.472 e. The maximum atomic E-state index is 12.5. The van der Waals surface area contributed by atoms with Gasteiger partial charge in [-0.1, -0.05) is 11.5 Å². The van der Waals surface area contributed by atoms with Crippen molar-refractivity contribution in [1.82, 2.24) is 15.1 Å². The van der Waals surface area contributed by atoms with Gasteiger partial charge in [-0.05, 0) is 24.2 Å². The van der Waals surface area contributed by atoms with Crippen LogP contribution in [-0.2, 0) is 4.74 Å². The summed E-state index contributed by atoms with van der Waals surface area (Å²) < 4.78 is 10.5. The molecule has 3 atom stereocenters. The topological polar surface area (TPSA) is 96.8 Å². The first-order valence-electron chi connectivity index (χ1n) is 7.40. The van der Waals surface area contributed by atoms with E-state index in [2.05, 4.69) is 15.5 Å². The van der Waals surface area contributed by atoms with E-state index in [1.54, 1.807) is 4.90 Å². The first kappa shape index (κ1) is 15.4. The molecule has 9 heteroatoms. The lowest BCUT2D eigenvalue weighted by Crippen LogP contribution is -2.54. The molecule has 0 aromatic carbocycles. The molecule has 122 valence electrons. The first-order chi connectivity index (χ1) is 10.7. The standard InChI is InChI=1S/C13H20N4O4S/c1-20-13-16-15-11(22-13)14-12(19)17-5-6-21-7-9(17)8-3-2-4-10(8)18/h8-10,18H,2-7H2,1H3,(H,14,15,19). The molecular formula is C13H20N4O4S. The number of hydrogen-bond donors (Lipinski definition) is 2. The number of hydrogen-bond acceptors (Lipinski definition) is 7. The molecule has 2 fully saturated rings. The van der Waals surface area contributed by atoms with E-state index >= 15 is 0 Å². The number of ether oxygens (including phenoxy) is 2. The fraction of sp³-hybridized carbons (Fsp3) is 0.769. The van der Waals surface area contributed by atoms with Crippen molar-refractivity contribution < 1.29 is 19.4 Å². The first-order valence-corrected chi connectivity index (χ1v) is 8.21. The van der Waals surface area contributed by atoms with Gasteiger partial charge >= 0.3 is 6.03 Å². The largest absolute Gasteiger partial charge is 0.472 e. The lowest BCUT2D eigenvalue weighted by Gasteiger charge is -2.39. The highest BCUT2D eigenvalue weighted by molar-refractivity contribution is 7.17. The van der Waals surface area contributed by atoms with Crippen LogP contribution >= 0.6 is 11.3 Å². The van der Waals surface area contributed by atoms with Crippen LogP contribution in [-0.4, -0.2) is 65.2 Å². The van der Waals surface area contributed by atoms with Crippen LogP contribution in [0.5, 0.6) is 5.19 Å². The molecule has 2 N–H and O–H groups in total. The van der Waals surface area contributed by atoms with Crippen molar-refractivity contribution in [2.75, 3.05) is 32.2 Å². The van der Waals surface area contributed by atoms with Crippen molar-refractivity contribution in [3.63, 3.8) is 0 Å². The number of methoxy groups -OCH3 is 1. The summed E-state index contributed by atoms with van der Waals surface area (Å²) in [6.45, 7) is 1.48. The molecule has 3 unspecified atom stereocenters. The summed E-state index contributed by atoms with van der Waals surface area (Å²) in [5.74, 6) is 0.0787. The third-order valence-corrected chi connectivity index (χ3v) is 5.05. The molecule has 1 aliphatic heterocycles. The molecule has 0 radical (unpaired) electrons. The number of anilines is 1. The van der Waals surface area contributed by atoms with Crippen LogP contribution in [0.1, 0.15) is 19.3 Å². The Morgan fingerprint density at radius 2 is 2.36 bits per heavy atom. The third kappa shape index (κ3) is 3.16. The summed E-state index contributed by atoms with van der Waals surface area (Å²) in [7, 11) is 1.51. The fourth-order valence-corrected chi connectivity index (χ4v) is 3.70. The van der Waals surface area contributed by atoms with Gasteiger partial charge in [0.15, 0.2) is 0 Å². The van der Waals surface area contributed by atoms with E-state index in [9.17, 15) is 9.90 Å². The number of aromatic nitrogens is 2. The number of morpholine rings is 1. The fourth-order valence-electron chi connectivity index (χ4n) is 3.15. The zero-order valence-electron chi connectivity index (χ0n) is 12.4. The summed E-state index contributed by atoms with van der Waals surface area (Å²) in [4.78, 5) is 14.3. The number of urea groups is 1. The second-order valence-corrected chi connectivity index (χ2v) is 6.45. The van der Waals surface area contributed by atoms with E-state index < -0.39 is 0 Å². The van der Waals surface area contributed by atoms with Crippen LogP contribution in [0, 0.1) is 5.92 Å². The predicted octanol–water partition coefficient (Wildman–Crippen LogP) is 0.940. The van der Waals surface area contributed by atoms with E-state index in [1.807, 2.05) is 0 Å². The number of aliphatic hydroxyl groups excluding tert-OH is 1.